The molecular weight excluding hydrogens is 1040 g/mol. The summed E-state index contributed by atoms with van der Waals surface area (Å²) in [5, 5.41) is 14.3. The number of aliphatic hydroxyl groups is 1. The Hall–Kier alpha value is -1.49. The molecule has 0 amide bonds. The average Bonchev–Trinajstić information content (AvgIpc) is 3.62. The fraction of sp³-hybridized carbons (Fsp3) is 0.592. The Kier molecular flexibility index (Phi) is 20.0. The van der Waals surface area contributed by atoms with E-state index in [9.17, 15) is 18.3 Å². The van der Waals surface area contributed by atoms with Gasteiger partial charge in [-0.1, -0.05) is 27.7 Å². The second-order valence-electron chi connectivity index (χ2n) is 18.5. The summed E-state index contributed by atoms with van der Waals surface area (Å²) in [5.41, 5.74) is 9.07. The SMILES string of the molecule is CC(C)C1CCC(N2CCC(Nc3ccc(F)cc3I)CC2)CC1.CC(C)C1CCC(N2CCC(n3c(CO)cc4cc(F)ccc43)CC2)CC1.Nc1ccc(F)cc1I.[V]. The molecular formula is C49H68F3I2N5OV. The number of halogens is 5. The topological polar surface area (TPSA) is 69.7 Å². The molecule has 12 heteroatoms. The number of aliphatic hydroxyl groups excluding tert-OH is 1. The number of anilines is 2. The molecule has 1 aromatic heterocycles. The van der Waals surface area contributed by atoms with Crippen LogP contribution in [0.25, 0.3) is 10.9 Å². The van der Waals surface area contributed by atoms with Gasteiger partial charge in [0.2, 0.25) is 0 Å². The van der Waals surface area contributed by atoms with Crippen molar-refractivity contribution in [1.82, 2.24) is 14.4 Å². The monoisotopic (exact) mass is 1100 g/mol. The van der Waals surface area contributed by atoms with Crippen LogP contribution in [0.2, 0.25) is 0 Å². The van der Waals surface area contributed by atoms with E-state index in [4.69, 9.17) is 5.73 Å². The van der Waals surface area contributed by atoms with Crippen molar-refractivity contribution in [2.24, 2.45) is 23.7 Å². The van der Waals surface area contributed by atoms with Gasteiger partial charge in [-0.25, -0.2) is 13.2 Å². The van der Waals surface area contributed by atoms with E-state index in [1.807, 2.05) is 40.8 Å². The first kappa shape index (κ1) is 50.5. The summed E-state index contributed by atoms with van der Waals surface area (Å²) in [4.78, 5) is 5.43. The van der Waals surface area contributed by atoms with E-state index in [-0.39, 0.29) is 42.6 Å². The van der Waals surface area contributed by atoms with Crippen molar-refractivity contribution in [2.45, 2.75) is 136 Å². The molecule has 2 aliphatic heterocycles. The van der Waals surface area contributed by atoms with Gasteiger partial charge >= 0.3 is 0 Å². The Bertz CT molecular complexity index is 1950. The van der Waals surface area contributed by atoms with Gasteiger partial charge in [-0.05, 0) is 207 Å². The number of hydrogen-bond acceptors (Lipinski definition) is 5. The molecule has 61 heavy (non-hydrogen) atoms. The standard InChI is InChI=1S/C23H33FN2O.C20H30FIN2.C6H5FIN.V/c1-16(2)17-3-6-20(7-4-17)25-11-9-21(10-12-25)26-22(15-27)14-18-13-19(24)5-8-23(18)26;1-14(2)15-3-6-18(7-4-15)24-11-9-17(10-12-24)23-20-8-5-16(21)13-19(20)22;7-4-1-2-6(9)5(8)3-4;/h5,8,13-14,16-17,20-21,27H,3-4,6-7,9-12,15H2,1-2H3;5,8,13-15,17-18,23H,3-4,6-7,9-12H2,1-2H3;1-3H,9H2;. The number of aromatic nitrogens is 1. The van der Waals surface area contributed by atoms with Crippen LogP contribution in [-0.4, -0.2) is 63.8 Å². The third-order valence-corrected chi connectivity index (χ3v) is 15.9. The minimum atomic E-state index is -0.242. The van der Waals surface area contributed by atoms with Crippen LogP contribution in [0.4, 0.5) is 24.5 Å². The molecule has 1 radical (unpaired) electrons. The zero-order valence-corrected chi connectivity index (χ0v) is 42.3. The molecule has 0 unspecified atom stereocenters. The second kappa shape index (κ2) is 24.2. The Morgan fingerprint density at radius 2 is 1.10 bits per heavy atom. The maximum atomic E-state index is 13.6. The maximum Gasteiger partial charge on any atom is 0.124 e. The average molecular weight is 1100 g/mol. The van der Waals surface area contributed by atoms with Gasteiger partial charge < -0.3 is 30.5 Å². The van der Waals surface area contributed by atoms with Crippen LogP contribution in [0.1, 0.15) is 116 Å². The fourth-order valence-electron chi connectivity index (χ4n) is 10.3. The molecule has 0 spiro atoms. The van der Waals surface area contributed by atoms with Crippen LogP contribution < -0.4 is 11.1 Å². The van der Waals surface area contributed by atoms with E-state index in [0.717, 1.165) is 91.1 Å². The quantitative estimate of drug-likeness (QED) is 0.121. The second-order valence-corrected chi connectivity index (χ2v) is 20.8. The normalized spacial score (nSPS) is 23.2. The Labute approximate surface area is 402 Å². The molecule has 3 aromatic carbocycles. The first-order valence-corrected chi connectivity index (χ1v) is 24.8. The van der Waals surface area contributed by atoms with Crippen LogP contribution >= 0.6 is 45.2 Å². The number of hydrogen-bond donors (Lipinski definition) is 3. The van der Waals surface area contributed by atoms with E-state index >= 15 is 0 Å². The van der Waals surface area contributed by atoms with Crippen molar-refractivity contribution in [3.63, 3.8) is 0 Å². The third-order valence-electron chi connectivity index (χ3n) is 14.1. The van der Waals surface area contributed by atoms with Crippen molar-refractivity contribution >= 4 is 67.5 Å². The molecule has 3 heterocycles. The molecule has 335 valence electrons. The van der Waals surface area contributed by atoms with Gasteiger partial charge in [0.15, 0.2) is 0 Å². The Morgan fingerprint density at radius 3 is 1.57 bits per heavy atom. The van der Waals surface area contributed by atoms with Crippen molar-refractivity contribution in [1.29, 1.82) is 0 Å². The third kappa shape index (κ3) is 14.0. The van der Waals surface area contributed by atoms with Crippen molar-refractivity contribution in [2.75, 3.05) is 37.2 Å². The van der Waals surface area contributed by atoms with Crippen molar-refractivity contribution < 1.29 is 36.8 Å². The van der Waals surface area contributed by atoms with E-state index in [0.29, 0.717) is 17.8 Å². The van der Waals surface area contributed by atoms with Gasteiger partial charge in [0.05, 0.1) is 6.61 Å². The van der Waals surface area contributed by atoms with Crippen LogP contribution in [-0.2, 0) is 25.2 Å². The van der Waals surface area contributed by atoms with E-state index in [1.165, 1.54) is 95.5 Å². The van der Waals surface area contributed by atoms with Crippen molar-refractivity contribution in [3.05, 3.63) is 90.9 Å². The number of rotatable bonds is 8. The number of nitrogens with zero attached hydrogens (tertiary/aromatic N) is 3. The molecule has 2 saturated carbocycles. The smallest absolute Gasteiger partial charge is 0.124 e. The molecule has 4 N–H and O–H groups in total. The number of nitrogens with one attached hydrogen (secondary N) is 1. The summed E-state index contributed by atoms with van der Waals surface area (Å²) in [6, 6.07) is 18.7. The minimum absolute atomic E-state index is 0. The number of benzene rings is 3. The first-order valence-electron chi connectivity index (χ1n) is 22.6. The molecule has 2 aliphatic carbocycles. The summed E-state index contributed by atoms with van der Waals surface area (Å²) >= 11 is 4.20. The summed E-state index contributed by atoms with van der Waals surface area (Å²) in [5.74, 6) is 2.92. The fourth-order valence-corrected chi connectivity index (χ4v) is 11.4. The van der Waals surface area contributed by atoms with E-state index in [2.05, 4.69) is 70.0 Å². The number of nitrogen functional groups attached to an aromatic ring is 1. The van der Waals surface area contributed by atoms with Crippen LogP contribution in [0.3, 0.4) is 0 Å². The summed E-state index contributed by atoms with van der Waals surface area (Å²) in [7, 11) is 0. The predicted octanol–water partition coefficient (Wildman–Crippen LogP) is 12.7. The first-order chi connectivity index (χ1) is 28.8. The molecule has 6 nitrogen and oxygen atoms in total. The van der Waals surface area contributed by atoms with Gasteiger partial charge in [-0.3, -0.25) is 0 Å². The minimum Gasteiger partial charge on any atom is -0.398 e. The van der Waals surface area contributed by atoms with Crippen LogP contribution in [0.5, 0.6) is 0 Å². The van der Waals surface area contributed by atoms with E-state index < -0.39 is 0 Å². The van der Waals surface area contributed by atoms with Gasteiger partial charge in [0.1, 0.15) is 17.5 Å². The van der Waals surface area contributed by atoms with Gasteiger partial charge in [0, 0.05) is 104 Å². The number of nitrogens with two attached hydrogens (primary N) is 1. The molecule has 4 fully saturated rings. The van der Waals surface area contributed by atoms with Gasteiger partial charge in [-0.15, -0.1) is 0 Å². The predicted molar refractivity (Wildman–Crippen MR) is 260 cm³/mol. The molecule has 8 rings (SSSR count). The van der Waals surface area contributed by atoms with E-state index in [1.54, 1.807) is 24.3 Å². The zero-order valence-electron chi connectivity index (χ0n) is 36.6. The molecule has 4 aliphatic rings. The number of piperidine rings is 2. The summed E-state index contributed by atoms with van der Waals surface area (Å²) < 4.78 is 43.1. The van der Waals surface area contributed by atoms with Crippen LogP contribution in [0, 0.1) is 48.3 Å². The maximum absolute atomic E-state index is 13.6. The Balaban J connectivity index is 0.000000190. The molecule has 2 saturated heterocycles. The number of fused-ring (bicyclic) bond motifs is 1. The summed E-state index contributed by atoms with van der Waals surface area (Å²) in [6.07, 6.45) is 15.7. The van der Waals surface area contributed by atoms with Gasteiger partial charge in [-0.2, -0.15) is 0 Å². The molecule has 0 bridgehead atoms. The number of likely N-dealkylation sites (tertiary alicyclic amines) is 2. The molecule has 0 atom stereocenters. The largest absolute Gasteiger partial charge is 0.398 e. The summed E-state index contributed by atoms with van der Waals surface area (Å²) in [6.45, 7) is 14.2. The van der Waals surface area contributed by atoms with Crippen molar-refractivity contribution in [3.8, 4) is 0 Å². The van der Waals surface area contributed by atoms with Gasteiger partial charge in [0.25, 0.3) is 0 Å². The zero-order chi connectivity index (χ0) is 42.9. The van der Waals surface area contributed by atoms with Crippen LogP contribution in [0.15, 0.2) is 60.7 Å². The molecule has 4 aromatic rings. The Morgan fingerprint density at radius 1 is 0.623 bits per heavy atom.